The highest BCUT2D eigenvalue weighted by Gasteiger charge is 2.47. The average Bonchev–Trinajstić information content (AvgIpc) is 3.34. The number of benzene rings is 1. The molecule has 2 atom stereocenters. The van der Waals surface area contributed by atoms with Crippen molar-refractivity contribution in [3.8, 4) is 0 Å². The van der Waals surface area contributed by atoms with Crippen molar-refractivity contribution in [1.29, 1.82) is 0 Å². The summed E-state index contributed by atoms with van der Waals surface area (Å²) in [5.74, 6) is -1.72. The van der Waals surface area contributed by atoms with Gasteiger partial charge in [-0.15, -0.1) is 6.58 Å². The first-order valence-corrected chi connectivity index (χ1v) is 7.43. The predicted octanol–water partition coefficient (Wildman–Crippen LogP) is 2.00. The van der Waals surface area contributed by atoms with E-state index in [1.165, 1.54) is 25.3 Å². The van der Waals surface area contributed by atoms with Crippen LogP contribution in [-0.4, -0.2) is 31.4 Å². The van der Waals surface area contributed by atoms with Crippen molar-refractivity contribution in [2.75, 3.05) is 19.0 Å². The zero-order valence-electron chi connectivity index (χ0n) is 12.6. The molecule has 2 rings (SSSR count). The fourth-order valence-corrected chi connectivity index (χ4v) is 2.33. The summed E-state index contributed by atoms with van der Waals surface area (Å²) < 4.78 is 4.63. The molecular weight excluding hydrogens is 320 g/mol. The Labute approximate surface area is 138 Å². The van der Waals surface area contributed by atoms with Gasteiger partial charge in [-0.1, -0.05) is 17.7 Å². The Morgan fingerprint density at radius 1 is 1.35 bits per heavy atom. The molecule has 1 aliphatic carbocycles. The maximum Gasteiger partial charge on any atom is 0.337 e. The molecule has 1 aliphatic rings. The van der Waals surface area contributed by atoms with Crippen LogP contribution in [0.25, 0.3) is 0 Å². The Bertz CT molecular complexity index is 659. The lowest BCUT2D eigenvalue weighted by atomic mass is 10.2. The number of amides is 2. The maximum atomic E-state index is 12.2. The van der Waals surface area contributed by atoms with Gasteiger partial charge in [0, 0.05) is 6.54 Å². The van der Waals surface area contributed by atoms with Crippen molar-refractivity contribution in [1.82, 2.24) is 5.32 Å². The van der Waals surface area contributed by atoms with Gasteiger partial charge < -0.3 is 15.4 Å². The molecule has 1 aromatic rings. The van der Waals surface area contributed by atoms with Crippen molar-refractivity contribution >= 4 is 35.1 Å². The van der Waals surface area contributed by atoms with Gasteiger partial charge in [0.05, 0.1) is 35.2 Å². The monoisotopic (exact) mass is 336 g/mol. The van der Waals surface area contributed by atoms with Crippen LogP contribution in [0.3, 0.4) is 0 Å². The van der Waals surface area contributed by atoms with Gasteiger partial charge in [-0.05, 0) is 24.6 Å². The summed E-state index contributed by atoms with van der Waals surface area (Å²) in [7, 11) is 1.27. The van der Waals surface area contributed by atoms with Gasteiger partial charge in [0.15, 0.2) is 0 Å². The minimum absolute atomic E-state index is 0.167. The molecule has 1 fully saturated rings. The molecule has 2 amide bonds. The van der Waals surface area contributed by atoms with Crippen LogP contribution in [0.4, 0.5) is 5.69 Å². The third-order valence-corrected chi connectivity index (χ3v) is 3.86. The predicted molar refractivity (Wildman–Crippen MR) is 86.2 cm³/mol. The number of ether oxygens (including phenoxy) is 1. The van der Waals surface area contributed by atoms with Crippen LogP contribution in [0.1, 0.15) is 16.8 Å². The smallest absolute Gasteiger partial charge is 0.337 e. The Morgan fingerprint density at radius 2 is 2.04 bits per heavy atom. The van der Waals surface area contributed by atoms with Gasteiger partial charge in [-0.3, -0.25) is 9.59 Å². The third kappa shape index (κ3) is 4.10. The van der Waals surface area contributed by atoms with E-state index in [-0.39, 0.29) is 23.3 Å². The van der Waals surface area contributed by atoms with Gasteiger partial charge in [0.1, 0.15) is 0 Å². The van der Waals surface area contributed by atoms with Gasteiger partial charge in [-0.2, -0.15) is 0 Å². The van der Waals surface area contributed by atoms with E-state index in [0.717, 1.165) is 0 Å². The van der Waals surface area contributed by atoms with Crippen LogP contribution in [0.5, 0.6) is 0 Å². The van der Waals surface area contributed by atoms with E-state index >= 15 is 0 Å². The Hall–Kier alpha value is -2.34. The molecule has 7 heteroatoms. The number of esters is 1. The number of halogens is 1. The lowest BCUT2D eigenvalue weighted by Gasteiger charge is -2.09. The molecule has 6 nitrogen and oxygen atoms in total. The van der Waals surface area contributed by atoms with Crippen molar-refractivity contribution in [3.05, 3.63) is 41.4 Å². The van der Waals surface area contributed by atoms with Crippen LogP contribution in [0.15, 0.2) is 30.9 Å². The summed E-state index contributed by atoms with van der Waals surface area (Å²) in [4.78, 5) is 35.4. The Morgan fingerprint density at radius 3 is 2.70 bits per heavy atom. The van der Waals surface area contributed by atoms with E-state index in [1.54, 1.807) is 6.08 Å². The fraction of sp³-hybridized carbons (Fsp3) is 0.312. The topological polar surface area (TPSA) is 84.5 Å². The molecule has 1 saturated carbocycles. The molecule has 0 spiro atoms. The zero-order chi connectivity index (χ0) is 17.0. The molecule has 0 bridgehead atoms. The van der Waals surface area contributed by atoms with E-state index in [9.17, 15) is 14.4 Å². The SMILES string of the molecule is C=CCNC(=O)C1CC1C(=O)Nc1cc(C(=O)OC)ccc1Cl. The second-order valence-electron chi connectivity index (χ2n) is 5.16. The van der Waals surface area contributed by atoms with Gasteiger partial charge in [-0.25, -0.2) is 4.79 Å². The molecule has 0 aliphatic heterocycles. The number of rotatable bonds is 6. The van der Waals surface area contributed by atoms with Crippen molar-refractivity contribution in [3.63, 3.8) is 0 Å². The summed E-state index contributed by atoms with van der Waals surface area (Å²) in [6, 6.07) is 4.46. The highest BCUT2D eigenvalue weighted by Crippen LogP contribution is 2.40. The van der Waals surface area contributed by atoms with Crippen molar-refractivity contribution in [2.24, 2.45) is 11.8 Å². The molecule has 2 unspecified atom stereocenters. The number of methoxy groups -OCH3 is 1. The third-order valence-electron chi connectivity index (χ3n) is 3.53. The number of hydrogen-bond donors (Lipinski definition) is 2. The maximum absolute atomic E-state index is 12.2. The first-order valence-electron chi connectivity index (χ1n) is 7.05. The lowest BCUT2D eigenvalue weighted by Crippen LogP contribution is -2.27. The fourth-order valence-electron chi connectivity index (χ4n) is 2.17. The van der Waals surface area contributed by atoms with E-state index in [0.29, 0.717) is 23.7 Å². The van der Waals surface area contributed by atoms with E-state index in [2.05, 4.69) is 21.9 Å². The zero-order valence-corrected chi connectivity index (χ0v) is 13.4. The second kappa shape index (κ2) is 7.28. The molecule has 0 aromatic heterocycles. The molecular formula is C16H17ClN2O4. The lowest BCUT2D eigenvalue weighted by molar-refractivity contribution is -0.125. The first kappa shape index (κ1) is 17.0. The molecule has 23 heavy (non-hydrogen) atoms. The molecule has 2 N–H and O–H groups in total. The number of carbonyl (C=O) groups is 3. The molecule has 122 valence electrons. The van der Waals surface area contributed by atoms with Crippen LogP contribution in [-0.2, 0) is 14.3 Å². The highest BCUT2D eigenvalue weighted by molar-refractivity contribution is 6.34. The van der Waals surface area contributed by atoms with Crippen LogP contribution >= 0.6 is 11.6 Å². The number of nitrogens with one attached hydrogen (secondary N) is 2. The largest absolute Gasteiger partial charge is 0.465 e. The van der Waals surface area contributed by atoms with Crippen molar-refractivity contribution in [2.45, 2.75) is 6.42 Å². The standard InChI is InChI=1S/C16H17ClN2O4/c1-3-6-18-14(20)10-8-11(10)15(21)19-13-7-9(16(22)23-2)4-5-12(13)17/h3-5,7,10-11H,1,6,8H2,2H3,(H,18,20)(H,19,21). The number of anilines is 1. The summed E-state index contributed by atoms with van der Waals surface area (Å²) >= 11 is 6.02. The quantitative estimate of drug-likeness (QED) is 0.614. The minimum Gasteiger partial charge on any atom is -0.465 e. The Balaban J connectivity index is 2.00. The van der Waals surface area contributed by atoms with Crippen LogP contribution in [0.2, 0.25) is 5.02 Å². The summed E-state index contributed by atoms with van der Waals surface area (Å²) in [5, 5.41) is 5.62. The van der Waals surface area contributed by atoms with E-state index in [4.69, 9.17) is 11.6 Å². The van der Waals surface area contributed by atoms with E-state index < -0.39 is 11.9 Å². The molecule has 0 radical (unpaired) electrons. The van der Waals surface area contributed by atoms with E-state index in [1.807, 2.05) is 0 Å². The van der Waals surface area contributed by atoms with Crippen LogP contribution in [0, 0.1) is 11.8 Å². The second-order valence-corrected chi connectivity index (χ2v) is 5.57. The summed E-state index contributed by atoms with van der Waals surface area (Å²) in [6.45, 7) is 3.89. The van der Waals surface area contributed by atoms with Gasteiger partial charge in [0.2, 0.25) is 11.8 Å². The number of hydrogen-bond acceptors (Lipinski definition) is 4. The molecule has 1 aromatic carbocycles. The minimum atomic E-state index is -0.523. The average molecular weight is 337 g/mol. The summed E-state index contributed by atoms with van der Waals surface area (Å²) in [5.41, 5.74) is 0.597. The Kier molecular flexibility index (Phi) is 5.39. The molecule has 0 saturated heterocycles. The highest BCUT2D eigenvalue weighted by atomic mass is 35.5. The van der Waals surface area contributed by atoms with Gasteiger partial charge >= 0.3 is 5.97 Å². The molecule has 0 heterocycles. The van der Waals surface area contributed by atoms with Crippen LogP contribution < -0.4 is 10.6 Å². The summed E-state index contributed by atoms with van der Waals surface area (Å²) in [6.07, 6.45) is 2.07. The first-order chi connectivity index (χ1) is 11.0. The van der Waals surface area contributed by atoms with Crippen molar-refractivity contribution < 1.29 is 19.1 Å². The van der Waals surface area contributed by atoms with Gasteiger partial charge in [0.25, 0.3) is 0 Å². The normalized spacial score (nSPS) is 18.7. The number of carbonyl (C=O) groups excluding carboxylic acids is 3.